The molecule has 0 N–H and O–H groups in total. The minimum absolute atomic E-state index is 0.312. The summed E-state index contributed by atoms with van der Waals surface area (Å²) in [5, 5.41) is 96.2. The van der Waals surface area contributed by atoms with Crippen molar-refractivity contribution in [3.63, 3.8) is 0 Å². The SMILES string of the molecule is N#Cc1ccc(-c2ccc3c(c2)c2cc(-c4ccc(C#N)cc4C#N)ccc2n3-c2ccc(-c3nc(-c4ccccc4)nc(-c4ccccc4)n3)cc2-c2ccc(-c3ccccc3C#N)cc2-n2c3ccc(-c4ccc(C#N)cc4C#N)cc3c3cc(-c4ccc(C#N)cc4C#N)ccc32)c(C#N)c1. The van der Waals surface area contributed by atoms with Gasteiger partial charge in [-0.05, 0) is 183 Å². The van der Waals surface area contributed by atoms with E-state index in [-0.39, 0.29) is 0 Å². The van der Waals surface area contributed by atoms with Crippen molar-refractivity contribution in [1.29, 1.82) is 47.4 Å². The Morgan fingerprint density at radius 1 is 0.202 bits per heavy atom. The molecule has 0 aliphatic carbocycles. The molecular formula is C90H44N14. The maximum atomic E-state index is 10.8. The topological polar surface area (TPSA) is 263 Å². The van der Waals surface area contributed by atoms with Crippen LogP contribution in [-0.2, 0) is 0 Å². The fraction of sp³-hybridized carbons (Fsp3) is 0. The molecule has 0 aliphatic rings. The lowest BCUT2D eigenvalue weighted by Crippen LogP contribution is -2.04. The number of nitriles is 9. The molecule has 0 atom stereocenters. The fourth-order valence-electron chi connectivity index (χ4n) is 14.0. The Bertz CT molecular complexity index is 6470. The second-order valence-corrected chi connectivity index (χ2v) is 24.7. The Balaban J connectivity index is 1.04. The van der Waals surface area contributed by atoms with Crippen LogP contribution in [0.3, 0.4) is 0 Å². The highest BCUT2D eigenvalue weighted by Crippen LogP contribution is 2.47. The number of fused-ring (bicyclic) bond motifs is 6. The molecule has 14 nitrogen and oxygen atoms in total. The van der Waals surface area contributed by atoms with Crippen LogP contribution in [-0.4, -0.2) is 24.1 Å². The number of benzene rings is 13. The van der Waals surface area contributed by atoms with E-state index in [4.69, 9.17) is 15.0 Å². The summed E-state index contributed by atoms with van der Waals surface area (Å²) in [6.45, 7) is 0. The zero-order chi connectivity index (χ0) is 71.1. The van der Waals surface area contributed by atoms with Crippen LogP contribution < -0.4 is 0 Å². The summed E-state index contributed by atoms with van der Waals surface area (Å²) < 4.78 is 4.39. The monoisotopic (exact) mass is 1320 g/mol. The third kappa shape index (κ3) is 10.8. The number of rotatable bonds is 11. The van der Waals surface area contributed by atoms with Gasteiger partial charge in [-0.2, -0.15) is 47.4 Å². The highest BCUT2D eigenvalue weighted by molar-refractivity contribution is 6.15. The first kappa shape index (κ1) is 62.7. The van der Waals surface area contributed by atoms with Crippen molar-refractivity contribution in [3.8, 4) is 167 Å². The number of nitrogens with zero attached hydrogens (tertiary/aromatic N) is 14. The third-order valence-corrected chi connectivity index (χ3v) is 18.9. The van der Waals surface area contributed by atoms with E-state index in [1.807, 2.05) is 164 Å². The summed E-state index contributed by atoms with van der Waals surface area (Å²) in [4.78, 5) is 15.6. The molecule has 16 rings (SSSR count). The van der Waals surface area contributed by atoms with E-state index in [0.29, 0.717) is 146 Å². The molecule has 3 aromatic heterocycles. The lowest BCUT2D eigenvalue weighted by molar-refractivity contribution is 1.07. The molecule has 0 saturated heterocycles. The van der Waals surface area contributed by atoms with Crippen molar-refractivity contribution in [2.45, 2.75) is 0 Å². The van der Waals surface area contributed by atoms with Gasteiger partial charge in [0.2, 0.25) is 0 Å². The fourth-order valence-corrected chi connectivity index (χ4v) is 14.0. The third-order valence-electron chi connectivity index (χ3n) is 18.9. The van der Waals surface area contributed by atoms with Crippen molar-refractivity contribution in [1.82, 2.24) is 24.1 Å². The van der Waals surface area contributed by atoms with E-state index in [1.54, 1.807) is 78.9 Å². The quantitative estimate of drug-likeness (QED) is 0.117. The number of hydrogen-bond donors (Lipinski definition) is 0. The number of hydrogen-bond acceptors (Lipinski definition) is 12. The van der Waals surface area contributed by atoms with E-state index in [2.05, 4.69) is 88.0 Å². The van der Waals surface area contributed by atoms with E-state index in [9.17, 15) is 47.4 Å². The molecule has 0 aliphatic heterocycles. The van der Waals surface area contributed by atoms with Gasteiger partial charge in [-0.1, -0.05) is 140 Å². The maximum Gasteiger partial charge on any atom is 0.164 e. The molecule has 14 heteroatoms. The Morgan fingerprint density at radius 3 is 0.885 bits per heavy atom. The smallest absolute Gasteiger partial charge is 0.164 e. The molecule has 3 heterocycles. The van der Waals surface area contributed by atoms with Crippen LogP contribution in [0, 0.1) is 102 Å². The highest BCUT2D eigenvalue weighted by Gasteiger charge is 2.26. The first-order chi connectivity index (χ1) is 51.1. The Hall–Kier alpha value is -16.1. The molecular weight excluding hydrogens is 1280 g/mol. The van der Waals surface area contributed by atoms with Gasteiger partial charge in [-0.15, -0.1) is 0 Å². The normalized spacial score (nSPS) is 10.8. The van der Waals surface area contributed by atoms with Crippen molar-refractivity contribution in [2.75, 3.05) is 0 Å². The van der Waals surface area contributed by atoms with Crippen molar-refractivity contribution < 1.29 is 0 Å². The predicted octanol–water partition coefficient (Wildman–Crippen LogP) is 19.9. The molecule has 104 heavy (non-hydrogen) atoms. The molecule has 474 valence electrons. The first-order valence-electron chi connectivity index (χ1n) is 32.7. The van der Waals surface area contributed by atoms with Crippen LogP contribution in [0.15, 0.2) is 267 Å². The van der Waals surface area contributed by atoms with Gasteiger partial charge in [-0.25, -0.2) is 15.0 Å². The molecule has 0 saturated carbocycles. The van der Waals surface area contributed by atoms with Gasteiger partial charge in [0.1, 0.15) is 0 Å². The van der Waals surface area contributed by atoms with Crippen LogP contribution in [0.2, 0.25) is 0 Å². The zero-order valence-electron chi connectivity index (χ0n) is 54.7. The number of aromatic nitrogens is 5. The second-order valence-electron chi connectivity index (χ2n) is 24.7. The lowest BCUT2D eigenvalue weighted by Gasteiger charge is -2.21. The minimum Gasteiger partial charge on any atom is -0.309 e. The van der Waals surface area contributed by atoms with E-state index < -0.39 is 0 Å². The Labute approximate surface area is 595 Å². The summed E-state index contributed by atoms with van der Waals surface area (Å²) in [5.41, 5.74) is 17.8. The molecule has 0 fully saturated rings. The summed E-state index contributed by atoms with van der Waals surface area (Å²) in [5.74, 6) is 1.29. The predicted molar refractivity (Wildman–Crippen MR) is 400 cm³/mol. The van der Waals surface area contributed by atoms with E-state index in [0.717, 1.165) is 60.3 Å². The lowest BCUT2D eigenvalue weighted by atomic mass is 9.93. The van der Waals surface area contributed by atoms with Gasteiger partial charge >= 0.3 is 0 Å². The average Bonchev–Trinajstić information content (AvgIpc) is 1.54. The summed E-state index contributed by atoms with van der Waals surface area (Å²) in [6, 6.07) is 104. The first-order valence-corrected chi connectivity index (χ1v) is 32.7. The van der Waals surface area contributed by atoms with Gasteiger partial charge in [0.15, 0.2) is 17.5 Å². The van der Waals surface area contributed by atoms with Crippen LogP contribution in [0.25, 0.3) is 156 Å². The van der Waals surface area contributed by atoms with Crippen LogP contribution >= 0.6 is 0 Å². The largest absolute Gasteiger partial charge is 0.309 e. The van der Waals surface area contributed by atoms with Gasteiger partial charge in [-0.3, -0.25) is 0 Å². The molecule has 0 bridgehead atoms. The summed E-state index contributed by atoms with van der Waals surface area (Å²) in [7, 11) is 0. The van der Waals surface area contributed by atoms with Crippen molar-refractivity contribution in [2.24, 2.45) is 0 Å². The standard InChI is InChI=1S/C90H44N14/c91-45-54-15-25-72(67(35-54)50-96)60-20-30-83-78(39-60)79-40-61(73-26-16-55(46-92)36-68(73)51-97)21-31-84(79)103(83)82-34-24-65(90-101-88(58-9-3-1-4-10-58)100-89(102-90)59-11-5-2-6-12-59)43-77(82)76-29-19-64(71-14-8-7-13-66(71)49-95)44-87(76)104-85-32-22-62(74-27-17-56(47-93)37-69(74)52-98)41-80(85)81-42-63(23-33-86(81)104)75-28-18-57(48-94)38-70(75)53-99/h1-44H. The van der Waals surface area contributed by atoms with Gasteiger partial charge in [0.05, 0.1) is 138 Å². The average molecular weight is 1320 g/mol. The molecule has 0 amide bonds. The van der Waals surface area contributed by atoms with E-state index >= 15 is 0 Å². The van der Waals surface area contributed by atoms with Crippen molar-refractivity contribution >= 4 is 43.6 Å². The highest BCUT2D eigenvalue weighted by atomic mass is 15.0. The van der Waals surface area contributed by atoms with Crippen molar-refractivity contribution in [3.05, 3.63) is 317 Å². The molecule has 0 radical (unpaired) electrons. The molecule has 0 unspecified atom stereocenters. The van der Waals surface area contributed by atoms with E-state index in [1.165, 1.54) is 0 Å². The minimum atomic E-state index is 0.312. The molecule has 16 aromatic rings. The van der Waals surface area contributed by atoms with Gasteiger partial charge in [0.25, 0.3) is 0 Å². The maximum absolute atomic E-state index is 10.8. The Morgan fingerprint density at radius 2 is 0.510 bits per heavy atom. The molecule has 13 aromatic carbocycles. The second kappa shape index (κ2) is 26.0. The molecule has 0 spiro atoms. The van der Waals surface area contributed by atoms with Gasteiger partial charge in [0, 0.05) is 49.4 Å². The summed E-state index contributed by atoms with van der Waals surface area (Å²) in [6.07, 6.45) is 0. The van der Waals surface area contributed by atoms with Crippen LogP contribution in [0.4, 0.5) is 0 Å². The van der Waals surface area contributed by atoms with Crippen LogP contribution in [0.5, 0.6) is 0 Å². The summed E-state index contributed by atoms with van der Waals surface area (Å²) >= 11 is 0. The van der Waals surface area contributed by atoms with Gasteiger partial charge < -0.3 is 9.13 Å². The van der Waals surface area contributed by atoms with Crippen LogP contribution in [0.1, 0.15) is 50.1 Å². The zero-order valence-corrected chi connectivity index (χ0v) is 54.7. The Kier molecular flexibility index (Phi) is 15.7.